The van der Waals surface area contributed by atoms with Crippen LogP contribution in [0.2, 0.25) is 0 Å². The van der Waals surface area contributed by atoms with Gasteiger partial charge >= 0.3 is 0 Å². The van der Waals surface area contributed by atoms with Gasteiger partial charge in [0.15, 0.2) is 6.29 Å². The van der Waals surface area contributed by atoms with Crippen molar-refractivity contribution in [2.45, 2.75) is 43.8 Å². The summed E-state index contributed by atoms with van der Waals surface area (Å²) >= 11 is 0. The van der Waals surface area contributed by atoms with Gasteiger partial charge in [-0.15, -0.1) is 0 Å². The van der Waals surface area contributed by atoms with Crippen molar-refractivity contribution in [3.05, 3.63) is 48.0 Å². The molecule has 1 heterocycles. The van der Waals surface area contributed by atoms with E-state index < -0.39 is 0 Å². The zero-order chi connectivity index (χ0) is 17.1. The monoisotopic (exact) mass is 341 g/mol. The number of benzene rings is 1. The maximum Gasteiger partial charge on any atom is 0.233 e. The van der Waals surface area contributed by atoms with E-state index in [1.54, 1.807) is 0 Å². The fourth-order valence-corrected chi connectivity index (χ4v) is 4.08. The maximum absolute atomic E-state index is 13.5. The summed E-state index contributed by atoms with van der Waals surface area (Å²) in [7, 11) is 0. The van der Waals surface area contributed by atoms with E-state index in [4.69, 9.17) is 9.47 Å². The zero-order valence-electron chi connectivity index (χ0n) is 14.7. The minimum atomic E-state index is -0.315. The number of hydrogen-bond acceptors (Lipinski definition) is 3. The predicted octanol–water partition coefficient (Wildman–Crippen LogP) is 3.28. The minimum Gasteiger partial charge on any atom is -0.348 e. The molecule has 4 heteroatoms. The van der Waals surface area contributed by atoms with Gasteiger partial charge in [-0.25, -0.2) is 0 Å². The molecule has 0 spiro atoms. The van der Waals surface area contributed by atoms with Crippen LogP contribution in [0, 0.1) is 5.92 Å². The average molecular weight is 341 g/mol. The van der Waals surface area contributed by atoms with Crippen molar-refractivity contribution in [3.8, 4) is 0 Å². The first kappa shape index (κ1) is 16.8. The molecule has 1 aromatic rings. The molecule has 25 heavy (non-hydrogen) atoms. The van der Waals surface area contributed by atoms with Gasteiger partial charge in [0.1, 0.15) is 0 Å². The summed E-state index contributed by atoms with van der Waals surface area (Å²) in [5.74, 6) is 0.800. The van der Waals surface area contributed by atoms with Crippen molar-refractivity contribution in [3.63, 3.8) is 0 Å². The van der Waals surface area contributed by atoms with Crippen LogP contribution in [0.5, 0.6) is 0 Å². The third kappa shape index (κ3) is 3.65. The Kier molecular flexibility index (Phi) is 4.91. The lowest BCUT2D eigenvalue weighted by Gasteiger charge is -2.33. The van der Waals surface area contributed by atoms with Gasteiger partial charge < -0.3 is 14.4 Å². The highest BCUT2D eigenvalue weighted by molar-refractivity contribution is 5.91. The van der Waals surface area contributed by atoms with Crippen LogP contribution in [0.3, 0.4) is 0 Å². The number of allylic oxidation sites excluding steroid dienone is 2. The molecule has 1 saturated carbocycles. The van der Waals surface area contributed by atoms with Crippen molar-refractivity contribution in [1.82, 2.24) is 4.90 Å². The van der Waals surface area contributed by atoms with Crippen molar-refractivity contribution >= 4 is 5.91 Å². The highest BCUT2D eigenvalue weighted by Crippen LogP contribution is 2.49. The third-order valence-electron chi connectivity index (χ3n) is 5.69. The molecular formula is C21H27NO3. The van der Waals surface area contributed by atoms with Crippen molar-refractivity contribution in [2.75, 3.05) is 26.3 Å². The van der Waals surface area contributed by atoms with Crippen LogP contribution in [-0.4, -0.2) is 43.4 Å². The molecule has 2 fully saturated rings. The van der Waals surface area contributed by atoms with Crippen molar-refractivity contribution < 1.29 is 14.3 Å². The highest BCUT2D eigenvalue weighted by atomic mass is 16.7. The van der Waals surface area contributed by atoms with Crippen LogP contribution in [-0.2, 0) is 19.7 Å². The minimum absolute atomic E-state index is 0.257. The SMILES string of the molecule is O=C(N(CC1OCCO1)C[C@H]1CC=CCC1)C1(c2ccccc2)CC1. The molecule has 4 rings (SSSR count). The van der Waals surface area contributed by atoms with Gasteiger partial charge in [-0.05, 0) is 43.6 Å². The molecule has 1 aliphatic heterocycles. The molecular weight excluding hydrogens is 314 g/mol. The smallest absolute Gasteiger partial charge is 0.233 e. The molecule has 4 nitrogen and oxygen atoms in total. The molecule has 0 aromatic heterocycles. The quantitative estimate of drug-likeness (QED) is 0.746. The molecule has 1 saturated heterocycles. The topological polar surface area (TPSA) is 38.8 Å². The van der Waals surface area contributed by atoms with Crippen LogP contribution in [0.25, 0.3) is 0 Å². The third-order valence-corrected chi connectivity index (χ3v) is 5.69. The molecule has 1 atom stereocenters. The first-order valence-electron chi connectivity index (χ1n) is 9.51. The van der Waals surface area contributed by atoms with E-state index >= 15 is 0 Å². The highest BCUT2D eigenvalue weighted by Gasteiger charge is 2.53. The predicted molar refractivity (Wildman–Crippen MR) is 96.1 cm³/mol. The maximum atomic E-state index is 13.5. The Morgan fingerprint density at radius 1 is 1.08 bits per heavy atom. The fraction of sp³-hybridized carbons (Fsp3) is 0.571. The number of rotatable bonds is 6. The van der Waals surface area contributed by atoms with Crippen LogP contribution in [0.15, 0.2) is 42.5 Å². The number of carbonyl (C=O) groups excluding carboxylic acids is 1. The molecule has 0 radical (unpaired) electrons. The lowest BCUT2D eigenvalue weighted by Crippen LogP contribution is -2.46. The number of nitrogens with zero attached hydrogens (tertiary/aromatic N) is 1. The van der Waals surface area contributed by atoms with E-state index in [-0.39, 0.29) is 17.6 Å². The van der Waals surface area contributed by atoms with Crippen LogP contribution >= 0.6 is 0 Å². The number of hydrogen-bond donors (Lipinski definition) is 0. The van der Waals surface area contributed by atoms with Gasteiger partial charge in [0.2, 0.25) is 5.91 Å². The Hall–Kier alpha value is -1.65. The van der Waals surface area contributed by atoms with Gasteiger partial charge in [-0.1, -0.05) is 42.5 Å². The Morgan fingerprint density at radius 3 is 2.48 bits per heavy atom. The average Bonchev–Trinajstić information content (AvgIpc) is 3.32. The van der Waals surface area contributed by atoms with E-state index in [2.05, 4.69) is 24.3 Å². The van der Waals surface area contributed by atoms with Crippen molar-refractivity contribution in [1.29, 1.82) is 0 Å². The molecule has 1 aromatic carbocycles. The second-order valence-electron chi connectivity index (χ2n) is 7.48. The summed E-state index contributed by atoms with van der Waals surface area (Å²) in [5.41, 5.74) is 0.839. The summed E-state index contributed by atoms with van der Waals surface area (Å²) in [6.45, 7) is 2.61. The lowest BCUT2D eigenvalue weighted by molar-refractivity contribution is -0.141. The van der Waals surface area contributed by atoms with E-state index in [9.17, 15) is 4.79 Å². The second-order valence-corrected chi connectivity index (χ2v) is 7.48. The van der Waals surface area contributed by atoms with E-state index in [1.807, 2.05) is 23.1 Å². The molecule has 134 valence electrons. The number of amides is 1. The summed E-state index contributed by atoms with van der Waals surface area (Å²) in [4.78, 5) is 15.5. The van der Waals surface area contributed by atoms with Crippen molar-refractivity contribution in [2.24, 2.45) is 5.92 Å². The van der Waals surface area contributed by atoms with Gasteiger partial charge in [0.05, 0.1) is 25.2 Å². The Bertz CT molecular complexity index is 617. The normalized spacial score (nSPS) is 25.0. The first-order valence-corrected chi connectivity index (χ1v) is 9.51. The summed E-state index contributed by atoms with van der Waals surface area (Å²) in [6.07, 6.45) is 9.47. The standard InChI is InChI=1S/C21H27NO3/c23-20(21(11-12-21)18-9-5-2-6-10-18)22(16-19-24-13-14-25-19)15-17-7-3-1-4-8-17/h1-3,5-6,9-10,17,19H,4,7-8,11-16H2/t17-/m0/s1. The van der Waals surface area contributed by atoms with E-state index in [0.29, 0.717) is 25.7 Å². The molecule has 1 amide bonds. The zero-order valence-corrected chi connectivity index (χ0v) is 14.7. The number of carbonyl (C=O) groups is 1. The first-order chi connectivity index (χ1) is 12.3. The summed E-state index contributed by atoms with van der Waals surface area (Å²) < 4.78 is 11.3. The van der Waals surface area contributed by atoms with Crippen LogP contribution < -0.4 is 0 Å². The second kappa shape index (κ2) is 7.30. The van der Waals surface area contributed by atoms with Crippen LogP contribution in [0.4, 0.5) is 0 Å². The van der Waals surface area contributed by atoms with E-state index in [1.165, 1.54) is 0 Å². The Morgan fingerprint density at radius 2 is 1.84 bits per heavy atom. The van der Waals surface area contributed by atoms with Gasteiger partial charge in [0, 0.05) is 6.54 Å². The van der Waals surface area contributed by atoms with Crippen LogP contribution in [0.1, 0.15) is 37.7 Å². The Balaban J connectivity index is 1.51. The van der Waals surface area contributed by atoms with E-state index in [0.717, 1.165) is 44.2 Å². The molecule has 2 aliphatic carbocycles. The molecule has 0 unspecified atom stereocenters. The molecule has 0 bridgehead atoms. The fourth-order valence-electron chi connectivity index (χ4n) is 4.08. The lowest BCUT2D eigenvalue weighted by atomic mass is 9.91. The molecule has 0 N–H and O–H groups in total. The number of ether oxygens (including phenoxy) is 2. The largest absolute Gasteiger partial charge is 0.348 e. The summed E-state index contributed by atoms with van der Waals surface area (Å²) in [5, 5.41) is 0. The van der Waals surface area contributed by atoms with Gasteiger partial charge in [-0.2, -0.15) is 0 Å². The Labute approximate surface area is 149 Å². The summed E-state index contributed by atoms with van der Waals surface area (Å²) in [6, 6.07) is 10.3. The molecule has 3 aliphatic rings. The van der Waals surface area contributed by atoms with Gasteiger partial charge in [0.25, 0.3) is 0 Å². The van der Waals surface area contributed by atoms with Gasteiger partial charge in [-0.3, -0.25) is 4.79 Å².